The van der Waals surface area contributed by atoms with Crippen molar-refractivity contribution in [1.29, 1.82) is 0 Å². The SMILES string of the molecule is N/C(=C\C=C(/N)N1CCCC1)c1cccc(NC(=O)CCc2nccs2)c1. The molecule has 0 aliphatic carbocycles. The molecule has 0 spiro atoms. The molecule has 2 heterocycles. The number of nitrogens with zero attached hydrogens (tertiary/aromatic N) is 2. The highest BCUT2D eigenvalue weighted by atomic mass is 32.1. The molecule has 0 unspecified atom stereocenters. The molecule has 0 bridgehead atoms. The van der Waals surface area contributed by atoms with E-state index >= 15 is 0 Å². The third-order valence-corrected chi connectivity index (χ3v) is 5.27. The molecule has 2 aromatic rings. The van der Waals surface area contributed by atoms with Crippen LogP contribution in [0.5, 0.6) is 0 Å². The zero-order valence-corrected chi connectivity index (χ0v) is 16.0. The number of hydrogen-bond donors (Lipinski definition) is 3. The second-order valence-corrected chi connectivity index (χ2v) is 7.44. The Kier molecular flexibility index (Phi) is 6.49. The molecule has 1 aromatic carbocycles. The Morgan fingerprint density at radius 3 is 2.81 bits per heavy atom. The van der Waals surface area contributed by atoms with Crippen molar-refractivity contribution in [3.05, 3.63) is 64.4 Å². The summed E-state index contributed by atoms with van der Waals surface area (Å²) in [5.74, 6) is 0.699. The van der Waals surface area contributed by atoms with E-state index in [2.05, 4.69) is 15.2 Å². The first kappa shape index (κ1) is 19.0. The molecule has 1 fully saturated rings. The van der Waals surface area contributed by atoms with Crippen molar-refractivity contribution in [2.45, 2.75) is 25.7 Å². The quantitative estimate of drug-likeness (QED) is 0.639. The number of carbonyl (C=O) groups excluding carboxylic acids is 1. The number of nitrogens with two attached hydrogens (primary N) is 2. The second-order valence-electron chi connectivity index (χ2n) is 6.46. The smallest absolute Gasteiger partial charge is 0.224 e. The van der Waals surface area contributed by atoms with Crippen LogP contribution in [0.3, 0.4) is 0 Å². The van der Waals surface area contributed by atoms with Gasteiger partial charge in [0.05, 0.1) is 10.8 Å². The first-order valence-electron chi connectivity index (χ1n) is 9.08. The Bertz CT molecular complexity index is 823. The first-order chi connectivity index (χ1) is 13.1. The van der Waals surface area contributed by atoms with Crippen LogP contribution in [0.25, 0.3) is 5.70 Å². The largest absolute Gasteiger partial charge is 0.398 e. The van der Waals surface area contributed by atoms with Crippen molar-refractivity contribution in [2.75, 3.05) is 18.4 Å². The number of nitrogens with one attached hydrogen (secondary N) is 1. The molecule has 6 nitrogen and oxygen atoms in total. The number of hydrogen-bond acceptors (Lipinski definition) is 6. The molecule has 0 atom stereocenters. The van der Waals surface area contributed by atoms with Crippen LogP contribution in [-0.4, -0.2) is 28.9 Å². The van der Waals surface area contributed by atoms with Gasteiger partial charge in [0.1, 0.15) is 0 Å². The second kappa shape index (κ2) is 9.23. The molecule has 1 saturated heterocycles. The predicted molar refractivity (Wildman–Crippen MR) is 111 cm³/mol. The van der Waals surface area contributed by atoms with E-state index in [1.54, 1.807) is 17.5 Å². The lowest BCUT2D eigenvalue weighted by molar-refractivity contribution is -0.116. The molecule has 1 aromatic heterocycles. The number of rotatable bonds is 7. The number of amides is 1. The first-order valence-corrected chi connectivity index (χ1v) is 9.96. The van der Waals surface area contributed by atoms with Crippen molar-refractivity contribution in [2.24, 2.45) is 11.5 Å². The average molecular weight is 384 g/mol. The van der Waals surface area contributed by atoms with Gasteiger partial charge in [-0.15, -0.1) is 11.3 Å². The molecule has 0 radical (unpaired) electrons. The van der Waals surface area contributed by atoms with Gasteiger partial charge in [0.25, 0.3) is 0 Å². The predicted octanol–water partition coefficient (Wildman–Crippen LogP) is 2.91. The molecule has 1 amide bonds. The third kappa shape index (κ3) is 5.59. The fourth-order valence-electron chi connectivity index (χ4n) is 2.95. The van der Waals surface area contributed by atoms with Gasteiger partial charge in [-0.1, -0.05) is 12.1 Å². The summed E-state index contributed by atoms with van der Waals surface area (Å²) >= 11 is 1.56. The number of anilines is 1. The van der Waals surface area contributed by atoms with E-state index in [0.29, 0.717) is 18.5 Å². The van der Waals surface area contributed by atoms with Crippen LogP contribution in [-0.2, 0) is 11.2 Å². The molecule has 3 rings (SSSR count). The van der Waals surface area contributed by atoms with Crippen LogP contribution >= 0.6 is 11.3 Å². The van der Waals surface area contributed by atoms with Gasteiger partial charge in [0.2, 0.25) is 5.91 Å². The van der Waals surface area contributed by atoms with Crippen molar-refractivity contribution in [3.8, 4) is 0 Å². The fourth-order valence-corrected chi connectivity index (χ4v) is 3.57. The molecule has 5 N–H and O–H groups in total. The van der Waals surface area contributed by atoms with Gasteiger partial charge in [0, 0.05) is 48.9 Å². The van der Waals surface area contributed by atoms with Gasteiger partial charge in [-0.05, 0) is 42.7 Å². The fraction of sp³-hybridized carbons (Fsp3) is 0.300. The summed E-state index contributed by atoms with van der Waals surface area (Å²) in [5.41, 5.74) is 14.5. The summed E-state index contributed by atoms with van der Waals surface area (Å²) in [6, 6.07) is 7.51. The Balaban J connectivity index is 1.59. The van der Waals surface area contributed by atoms with Crippen LogP contribution < -0.4 is 16.8 Å². The van der Waals surface area contributed by atoms with Crippen LogP contribution in [0.4, 0.5) is 5.69 Å². The summed E-state index contributed by atoms with van der Waals surface area (Å²) in [6.45, 7) is 2.00. The van der Waals surface area contributed by atoms with Gasteiger partial charge in [-0.25, -0.2) is 4.98 Å². The zero-order chi connectivity index (χ0) is 19.1. The molecule has 1 aliphatic rings. The molecule has 27 heavy (non-hydrogen) atoms. The highest BCUT2D eigenvalue weighted by molar-refractivity contribution is 7.09. The highest BCUT2D eigenvalue weighted by Crippen LogP contribution is 2.17. The monoisotopic (exact) mass is 383 g/mol. The third-order valence-electron chi connectivity index (χ3n) is 4.43. The summed E-state index contributed by atoms with van der Waals surface area (Å²) < 4.78 is 0. The van der Waals surface area contributed by atoms with Crippen LogP contribution in [0.2, 0.25) is 0 Å². The van der Waals surface area contributed by atoms with E-state index in [1.165, 1.54) is 12.8 Å². The average Bonchev–Trinajstić information content (AvgIpc) is 3.38. The normalized spacial score (nSPS) is 15.2. The van der Waals surface area contributed by atoms with Gasteiger partial charge in [-0.2, -0.15) is 0 Å². The van der Waals surface area contributed by atoms with E-state index in [0.717, 1.165) is 35.2 Å². The molecule has 0 saturated carbocycles. The van der Waals surface area contributed by atoms with Crippen molar-refractivity contribution < 1.29 is 4.79 Å². The van der Waals surface area contributed by atoms with E-state index in [1.807, 2.05) is 41.8 Å². The minimum atomic E-state index is -0.0388. The molecule has 1 aliphatic heterocycles. The van der Waals surface area contributed by atoms with Gasteiger partial charge in [0.15, 0.2) is 0 Å². The zero-order valence-electron chi connectivity index (χ0n) is 15.2. The maximum atomic E-state index is 12.1. The highest BCUT2D eigenvalue weighted by Gasteiger charge is 2.11. The Morgan fingerprint density at radius 1 is 1.26 bits per heavy atom. The summed E-state index contributed by atoms with van der Waals surface area (Å²) in [5, 5.41) is 5.80. The Hall–Kier alpha value is -2.80. The van der Waals surface area contributed by atoms with Gasteiger partial charge in [-0.3, -0.25) is 4.79 Å². The number of carbonyl (C=O) groups is 1. The lowest BCUT2D eigenvalue weighted by Crippen LogP contribution is -2.24. The lowest BCUT2D eigenvalue weighted by atomic mass is 10.1. The standard InChI is InChI=1S/C20H25N5OS/c21-17(6-7-18(22)25-11-1-2-12-25)15-4-3-5-16(14-15)24-19(26)8-9-20-23-10-13-27-20/h3-7,10,13-14H,1-2,8-9,11-12,21-22H2,(H,24,26)/b17-6-,18-7+. The number of benzene rings is 1. The lowest BCUT2D eigenvalue weighted by Gasteiger charge is -2.16. The maximum Gasteiger partial charge on any atom is 0.224 e. The summed E-state index contributed by atoms with van der Waals surface area (Å²) in [4.78, 5) is 18.5. The van der Waals surface area contributed by atoms with E-state index in [4.69, 9.17) is 11.5 Å². The van der Waals surface area contributed by atoms with Crippen LogP contribution in [0, 0.1) is 0 Å². The number of thiazole rings is 1. The maximum absolute atomic E-state index is 12.1. The van der Waals surface area contributed by atoms with Crippen LogP contribution in [0.15, 0.2) is 53.8 Å². The van der Waals surface area contributed by atoms with Gasteiger partial charge >= 0.3 is 0 Å². The molecular formula is C20H25N5OS. The van der Waals surface area contributed by atoms with E-state index < -0.39 is 0 Å². The van der Waals surface area contributed by atoms with E-state index in [-0.39, 0.29) is 5.91 Å². The summed E-state index contributed by atoms with van der Waals surface area (Å²) in [7, 11) is 0. The Morgan fingerprint density at radius 2 is 2.07 bits per heavy atom. The minimum absolute atomic E-state index is 0.0388. The van der Waals surface area contributed by atoms with Crippen LogP contribution in [0.1, 0.15) is 29.8 Å². The van der Waals surface area contributed by atoms with Crippen molar-refractivity contribution >= 4 is 28.6 Å². The molecule has 7 heteroatoms. The number of aromatic nitrogens is 1. The number of likely N-dealkylation sites (tertiary alicyclic amines) is 1. The van der Waals surface area contributed by atoms with Gasteiger partial charge < -0.3 is 21.7 Å². The van der Waals surface area contributed by atoms with Crippen molar-refractivity contribution in [3.63, 3.8) is 0 Å². The summed E-state index contributed by atoms with van der Waals surface area (Å²) in [6.07, 6.45) is 8.82. The minimum Gasteiger partial charge on any atom is -0.398 e. The van der Waals surface area contributed by atoms with Crippen molar-refractivity contribution in [1.82, 2.24) is 9.88 Å². The number of allylic oxidation sites excluding steroid dienone is 2. The molecular weight excluding hydrogens is 358 g/mol. The topological polar surface area (TPSA) is 97.3 Å². The van der Waals surface area contributed by atoms with E-state index in [9.17, 15) is 4.79 Å². The molecule has 142 valence electrons. The Labute approximate surface area is 163 Å². The number of aryl methyl sites for hydroxylation is 1.